The summed E-state index contributed by atoms with van der Waals surface area (Å²) in [5.41, 5.74) is 3.79. The number of aryl methyl sites for hydroxylation is 2. The number of hydrogen-bond donors (Lipinski definition) is 1. The first-order chi connectivity index (χ1) is 15.2. The van der Waals surface area contributed by atoms with Gasteiger partial charge in [-0.3, -0.25) is 0 Å². The average molecular weight is 438 g/mol. The Morgan fingerprint density at radius 1 is 1.03 bits per heavy atom. The summed E-state index contributed by atoms with van der Waals surface area (Å²) in [5.74, 6) is -1.19. The van der Waals surface area contributed by atoms with Gasteiger partial charge in [-0.2, -0.15) is 0 Å². The molecule has 0 fully saturated rings. The predicted molar refractivity (Wildman–Crippen MR) is 119 cm³/mol. The van der Waals surface area contributed by atoms with Gasteiger partial charge in [0.1, 0.15) is 23.1 Å². The Bertz CT molecular complexity index is 1140. The summed E-state index contributed by atoms with van der Waals surface area (Å²) in [7, 11) is 1.29. The molecule has 0 saturated carbocycles. The van der Waals surface area contributed by atoms with Crippen LogP contribution in [0.5, 0.6) is 11.5 Å². The van der Waals surface area contributed by atoms with Crippen molar-refractivity contribution < 1.29 is 28.2 Å². The van der Waals surface area contributed by atoms with Crippen LogP contribution < -0.4 is 4.74 Å². The minimum absolute atomic E-state index is 0.0116. The van der Waals surface area contributed by atoms with Gasteiger partial charge in [-0.1, -0.05) is 24.8 Å². The zero-order valence-electron chi connectivity index (χ0n) is 18.2. The molecule has 0 heterocycles. The number of phenols is 1. The van der Waals surface area contributed by atoms with Gasteiger partial charge in [-0.25, -0.2) is 13.6 Å². The number of aromatic hydroxyl groups is 1. The van der Waals surface area contributed by atoms with E-state index in [2.05, 4.69) is 11.3 Å². The van der Waals surface area contributed by atoms with E-state index in [1.54, 1.807) is 12.1 Å². The monoisotopic (exact) mass is 438 g/mol. The summed E-state index contributed by atoms with van der Waals surface area (Å²) < 4.78 is 38.7. The molecular weight excluding hydrogens is 414 g/mol. The first-order valence-electron chi connectivity index (χ1n) is 9.96. The largest absolute Gasteiger partial charge is 0.507 e. The molecule has 0 aliphatic heterocycles. The number of ether oxygens (including phenoxy) is 2. The molecule has 0 bridgehead atoms. The van der Waals surface area contributed by atoms with Crippen molar-refractivity contribution >= 4 is 11.5 Å². The Kier molecular flexibility index (Phi) is 6.93. The van der Waals surface area contributed by atoms with Gasteiger partial charge in [0, 0.05) is 6.42 Å². The summed E-state index contributed by atoms with van der Waals surface area (Å²) >= 11 is 0. The molecule has 0 aromatic heterocycles. The van der Waals surface area contributed by atoms with E-state index in [0.717, 1.165) is 16.7 Å². The average Bonchev–Trinajstić information content (AvgIpc) is 2.76. The quantitative estimate of drug-likeness (QED) is 0.496. The van der Waals surface area contributed by atoms with Gasteiger partial charge < -0.3 is 14.6 Å². The maximum Gasteiger partial charge on any atom is 0.343 e. The number of carbonyl (C=O) groups is 1. The van der Waals surface area contributed by atoms with Crippen LogP contribution in [0.15, 0.2) is 55.1 Å². The predicted octanol–water partition coefficient (Wildman–Crippen LogP) is 5.49. The standard InChI is InChI=1S/C26H24F2O4/c1-15-11-21(32-14-24(30)31-4)12-16(2)22(15)13-19-7-10-23(29)25(26(19)28)17(3)18-5-8-20(27)9-6-18/h5-12,29H,3,13-14H2,1-2,4H3. The van der Waals surface area contributed by atoms with Crippen LogP contribution in [0.4, 0.5) is 8.78 Å². The van der Waals surface area contributed by atoms with Gasteiger partial charge >= 0.3 is 5.97 Å². The highest BCUT2D eigenvalue weighted by molar-refractivity contribution is 5.81. The van der Waals surface area contributed by atoms with E-state index in [1.807, 2.05) is 13.8 Å². The number of rotatable bonds is 7. The van der Waals surface area contributed by atoms with Gasteiger partial charge in [0.05, 0.1) is 12.7 Å². The number of hydrogen-bond acceptors (Lipinski definition) is 4. The van der Waals surface area contributed by atoms with Crippen molar-refractivity contribution in [1.82, 2.24) is 0 Å². The Morgan fingerprint density at radius 3 is 2.25 bits per heavy atom. The molecular formula is C26H24F2O4. The molecule has 0 saturated heterocycles. The van der Waals surface area contributed by atoms with E-state index in [9.17, 15) is 14.3 Å². The Hall–Kier alpha value is -3.67. The second kappa shape index (κ2) is 9.64. The number of phenolic OH excluding ortho intramolecular Hbond substituents is 1. The molecule has 0 aliphatic carbocycles. The Labute approximate surface area is 185 Å². The van der Waals surface area contributed by atoms with Gasteiger partial charge in [0.2, 0.25) is 0 Å². The minimum Gasteiger partial charge on any atom is -0.507 e. The first kappa shape index (κ1) is 23.0. The first-order valence-corrected chi connectivity index (χ1v) is 9.96. The Morgan fingerprint density at radius 2 is 1.66 bits per heavy atom. The summed E-state index contributed by atoms with van der Waals surface area (Å²) in [6, 6.07) is 12.0. The molecule has 1 N–H and O–H groups in total. The van der Waals surface area contributed by atoms with Crippen molar-refractivity contribution in [3.05, 3.63) is 100 Å². The van der Waals surface area contributed by atoms with Crippen LogP contribution in [0.1, 0.15) is 33.4 Å². The number of benzene rings is 3. The van der Waals surface area contributed by atoms with Crippen molar-refractivity contribution in [1.29, 1.82) is 0 Å². The van der Waals surface area contributed by atoms with Crippen molar-refractivity contribution in [2.75, 3.05) is 13.7 Å². The van der Waals surface area contributed by atoms with E-state index in [0.29, 0.717) is 16.9 Å². The number of halogens is 2. The summed E-state index contributed by atoms with van der Waals surface area (Å²) in [6.45, 7) is 7.47. The van der Waals surface area contributed by atoms with Gasteiger partial charge in [-0.05, 0) is 77.6 Å². The molecule has 4 nitrogen and oxygen atoms in total. The second-order valence-corrected chi connectivity index (χ2v) is 7.50. The molecule has 0 spiro atoms. The van der Waals surface area contributed by atoms with E-state index in [1.165, 1.54) is 43.5 Å². The normalized spacial score (nSPS) is 10.7. The number of methoxy groups -OCH3 is 1. The van der Waals surface area contributed by atoms with Crippen LogP contribution in [0.25, 0.3) is 5.57 Å². The third-order valence-corrected chi connectivity index (χ3v) is 5.32. The molecule has 0 unspecified atom stereocenters. The lowest BCUT2D eigenvalue weighted by Crippen LogP contribution is -2.13. The van der Waals surface area contributed by atoms with Gasteiger partial charge in [0.15, 0.2) is 6.61 Å². The highest BCUT2D eigenvalue weighted by Crippen LogP contribution is 2.35. The fourth-order valence-electron chi connectivity index (χ4n) is 3.54. The van der Waals surface area contributed by atoms with Crippen molar-refractivity contribution in [2.24, 2.45) is 0 Å². The topological polar surface area (TPSA) is 55.8 Å². The van der Waals surface area contributed by atoms with Crippen molar-refractivity contribution in [3.8, 4) is 11.5 Å². The smallest absolute Gasteiger partial charge is 0.343 e. The highest BCUT2D eigenvalue weighted by atomic mass is 19.1. The second-order valence-electron chi connectivity index (χ2n) is 7.50. The molecule has 3 aromatic carbocycles. The van der Waals surface area contributed by atoms with Gasteiger partial charge in [0.25, 0.3) is 0 Å². The number of carbonyl (C=O) groups excluding carboxylic acids is 1. The van der Waals surface area contributed by atoms with E-state index in [-0.39, 0.29) is 29.9 Å². The zero-order valence-corrected chi connectivity index (χ0v) is 18.2. The SMILES string of the molecule is C=C(c1ccc(F)cc1)c1c(O)ccc(Cc2c(C)cc(OCC(=O)OC)cc2C)c1F. The third-order valence-electron chi connectivity index (χ3n) is 5.32. The third kappa shape index (κ3) is 4.97. The maximum atomic E-state index is 15.5. The van der Waals surface area contributed by atoms with E-state index >= 15 is 4.39 Å². The minimum atomic E-state index is -0.579. The summed E-state index contributed by atoms with van der Waals surface area (Å²) in [6.07, 6.45) is 0.282. The van der Waals surface area contributed by atoms with E-state index in [4.69, 9.17) is 4.74 Å². The Balaban J connectivity index is 1.91. The molecule has 32 heavy (non-hydrogen) atoms. The zero-order chi connectivity index (χ0) is 23.4. The molecule has 6 heteroatoms. The molecule has 3 aromatic rings. The maximum absolute atomic E-state index is 15.5. The van der Waals surface area contributed by atoms with Crippen LogP contribution in [0.2, 0.25) is 0 Å². The fourth-order valence-corrected chi connectivity index (χ4v) is 3.54. The van der Waals surface area contributed by atoms with Crippen molar-refractivity contribution in [2.45, 2.75) is 20.3 Å². The number of esters is 1. The molecule has 166 valence electrons. The van der Waals surface area contributed by atoms with Crippen LogP contribution in [-0.2, 0) is 16.0 Å². The lowest BCUT2D eigenvalue weighted by molar-refractivity contribution is -0.142. The summed E-state index contributed by atoms with van der Waals surface area (Å²) in [5, 5.41) is 10.3. The van der Waals surface area contributed by atoms with Gasteiger partial charge in [-0.15, -0.1) is 0 Å². The lowest BCUT2D eigenvalue weighted by atomic mass is 9.91. The molecule has 0 atom stereocenters. The van der Waals surface area contributed by atoms with Crippen molar-refractivity contribution in [3.63, 3.8) is 0 Å². The molecule has 0 amide bonds. The van der Waals surface area contributed by atoms with Crippen LogP contribution in [0, 0.1) is 25.5 Å². The van der Waals surface area contributed by atoms with E-state index < -0.39 is 17.6 Å². The van der Waals surface area contributed by atoms with Crippen LogP contribution in [-0.4, -0.2) is 24.8 Å². The molecule has 3 rings (SSSR count). The molecule has 0 radical (unpaired) electrons. The lowest BCUT2D eigenvalue weighted by Gasteiger charge is -2.16. The van der Waals surface area contributed by atoms with Crippen LogP contribution >= 0.6 is 0 Å². The van der Waals surface area contributed by atoms with Crippen LogP contribution in [0.3, 0.4) is 0 Å². The highest BCUT2D eigenvalue weighted by Gasteiger charge is 2.19. The molecule has 0 aliphatic rings. The fraction of sp³-hybridized carbons (Fsp3) is 0.192. The summed E-state index contributed by atoms with van der Waals surface area (Å²) in [4.78, 5) is 11.3.